The summed E-state index contributed by atoms with van der Waals surface area (Å²) in [7, 11) is 0. The lowest BCUT2D eigenvalue weighted by Gasteiger charge is -2.09. The maximum absolute atomic E-state index is 12.4. The number of nitrogen functional groups attached to an aromatic ring is 2. The van der Waals surface area contributed by atoms with E-state index in [-0.39, 0.29) is 0 Å². The normalized spacial score (nSPS) is 11.5. The lowest BCUT2D eigenvalue weighted by atomic mass is 10.1. The van der Waals surface area contributed by atoms with Gasteiger partial charge in [-0.2, -0.15) is 13.2 Å². The molecule has 94 valence electrons. The highest BCUT2D eigenvalue weighted by Crippen LogP contribution is 2.31. The number of aromatic nitrogens is 1. The molecule has 0 spiro atoms. The molecule has 0 aliphatic heterocycles. The van der Waals surface area contributed by atoms with Crippen LogP contribution in [0.1, 0.15) is 5.56 Å². The van der Waals surface area contributed by atoms with E-state index in [4.69, 9.17) is 11.5 Å². The van der Waals surface area contributed by atoms with Crippen molar-refractivity contribution in [3.63, 3.8) is 0 Å². The van der Waals surface area contributed by atoms with Crippen LogP contribution in [-0.2, 0) is 6.18 Å². The third kappa shape index (κ3) is 2.37. The Labute approximate surface area is 101 Å². The molecular formula is C12H10F3N3. The highest BCUT2D eigenvalue weighted by molar-refractivity contribution is 5.76. The summed E-state index contributed by atoms with van der Waals surface area (Å²) in [4.78, 5) is 3.76. The standard InChI is InChI=1S/C12H10F3N3/c13-12(14,15)7-1-4-11(18-6-7)9-5-8(16)2-3-10(9)17/h1-6H,16-17H2. The van der Waals surface area contributed by atoms with E-state index < -0.39 is 11.7 Å². The lowest BCUT2D eigenvalue weighted by molar-refractivity contribution is -0.137. The van der Waals surface area contributed by atoms with Gasteiger partial charge in [-0.3, -0.25) is 4.98 Å². The highest BCUT2D eigenvalue weighted by Gasteiger charge is 2.30. The van der Waals surface area contributed by atoms with Crippen molar-refractivity contribution in [3.05, 3.63) is 42.1 Å². The van der Waals surface area contributed by atoms with Crippen LogP contribution in [0.3, 0.4) is 0 Å². The van der Waals surface area contributed by atoms with Gasteiger partial charge < -0.3 is 11.5 Å². The van der Waals surface area contributed by atoms with Gasteiger partial charge in [-0.05, 0) is 30.3 Å². The first-order chi connectivity index (χ1) is 8.38. The second-order valence-electron chi connectivity index (χ2n) is 3.78. The molecule has 18 heavy (non-hydrogen) atoms. The highest BCUT2D eigenvalue weighted by atomic mass is 19.4. The smallest absolute Gasteiger partial charge is 0.399 e. The quantitative estimate of drug-likeness (QED) is 0.768. The minimum absolute atomic E-state index is 0.354. The molecule has 0 radical (unpaired) electrons. The van der Waals surface area contributed by atoms with E-state index in [1.54, 1.807) is 18.2 Å². The lowest BCUT2D eigenvalue weighted by Crippen LogP contribution is -2.05. The Morgan fingerprint density at radius 1 is 1.00 bits per heavy atom. The number of anilines is 2. The minimum atomic E-state index is -4.40. The summed E-state index contributed by atoms with van der Waals surface area (Å²) in [6, 6.07) is 7.01. The molecule has 0 saturated carbocycles. The van der Waals surface area contributed by atoms with Gasteiger partial charge in [-0.15, -0.1) is 0 Å². The fourth-order valence-corrected chi connectivity index (χ4v) is 1.52. The fraction of sp³-hybridized carbons (Fsp3) is 0.0833. The summed E-state index contributed by atoms with van der Waals surface area (Å²) in [5.41, 5.74) is 12.3. The van der Waals surface area contributed by atoms with Gasteiger partial charge in [0.1, 0.15) is 0 Å². The number of hydrogen-bond donors (Lipinski definition) is 2. The van der Waals surface area contributed by atoms with E-state index >= 15 is 0 Å². The van der Waals surface area contributed by atoms with Crippen LogP contribution in [0.5, 0.6) is 0 Å². The number of benzene rings is 1. The maximum Gasteiger partial charge on any atom is 0.417 e. The monoisotopic (exact) mass is 253 g/mol. The Balaban J connectivity index is 2.43. The molecule has 0 saturated heterocycles. The molecule has 0 bridgehead atoms. The average Bonchev–Trinajstić information content (AvgIpc) is 2.31. The van der Waals surface area contributed by atoms with Crippen molar-refractivity contribution in [2.45, 2.75) is 6.18 Å². The molecule has 0 atom stereocenters. The van der Waals surface area contributed by atoms with Gasteiger partial charge in [-0.1, -0.05) is 0 Å². The molecule has 0 fully saturated rings. The van der Waals surface area contributed by atoms with Gasteiger partial charge in [0, 0.05) is 23.1 Å². The van der Waals surface area contributed by atoms with Gasteiger partial charge in [0.05, 0.1) is 11.3 Å². The zero-order valence-corrected chi connectivity index (χ0v) is 9.20. The van der Waals surface area contributed by atoms with Gasteiger partial charge >= 0.3 is 6.18 Å². The summed E-state index contributed by atoms with van der Waals surface area (Å²) >= 11 is 0. The van der Waals surface area contributed by atoms with E-state index in [1.807, 2.05) is 0 Å². The zero-order chi connectivity index (χ0) is 13.3. The molecule has 2 rings (SSSR count). The van der Waals surface area contributed by atoms with Crippen LogP contribution in [0.4, 0.5) is 24.5 Å². The molecule has 1 heterocycles. The van der Waals surface area contributed by atoms with Crippen molar-refractivity contribution in [1.29, 1.82) is 0 Å². The molecule has 0 amide bonds. The zero-order valence-electron chi connectivity index (χ0n) is 9.20. The van der Waals surface area contributed by atoms with Crippen LogP contribution < -0.4 is 11.5 Å². The largest absolute Gasteiger partial charge is 0.417 e. The second kappa shape index (κ2) is 4.21. The number of nitrogens with zero attached hydrogens (tertiary/aromatic N) is 1. The topological polar surface area (TPSA) is 64.9 Å². The van der Waals surface area contributed by atoms with Crippen molar-refractivity contribution < 1.29 is 13.2 Å². The van der Waals surface area contributed by atoms with E-state index in [9.17, 15) is 13.2 Å². The van der Waals surface area contributed by atoms with Gasteiger partial charge in [0.2, 0.25) is 0 Å². The average molecular weight is 253 g/mol. The number of pyridine rings is 1. The van der Waals surface area contributed by atoms with Crippen LogP contribution in [0.25, 0.3) is 11.3 Å². The molecule has 0 unspecified atom stereocenters. The molecule has 2 aromatic rings. The Hall–Kier alpha value is -2.24. The third-order valence-electron chi connectivity index (χ3n) is 2.44. The number of rotatable bonds is 1. The Bertz CT molecular complexity index is 562. The summed E-state index contributed by atoms with van der Waals surface area (Å²) in [6.45, 7) is 0. The van der Waals surface area contributed by atoms with Crippen molar-refractivity contribution in [3.8, 4) is 11.3 Å². The van der Waals surface area contributed by atoms with Crippen LogP contribution in [0.15, 0.2) is 36.5 Å². The molecule has 3 nitrogen and oxygen atoms in total. The second-order valence-corrected chi connectivity index (χ2v) is 3.78. The third-order valence-corrected chi connectivity index (χ3v) is 2.44. The number of nitrogens with two attached hydrogens (primary N) is 2. The van der Waals surface area contributed by atoms with E-state index in [0.717, 1.165) is 12.3 Å². The van der Waals surface area contributed by atoms with Crippen molar-refractivity contribution in [1.82, 2.24) is 4.98 Å². The van der Waals surface area contributed by atoms with Crippen LogP contribution >= 0.6 is 0 Å². The molecule has 6 heteroatoms. The summed E-state index contributed by atoms with van der Waals surface area (Å²) in [5, 5.41) is 0. The predicted molar refractivity (Wildman–Crippen MR) is 63.5 cm³/mol. The van der Waals surface area contributed by atoms with E-state index in [2.05, 4.69) is 4.98 Å². The van der Waals surface area contributed by atoms with Crippen molar-refractivity contribution in [2.75, 3.05) is 11.5 Å². The van der Waals surface area contributed by atoms with Crippen molar-refractivity contribution >= 4 is 11.4 Å². The Morgan fingerprint density at radius 3 is 2.28 bits per heavy atom. The number of alkyl halides is 3. The molecule has 1 aromatic heterocycles. The Morgan fingerprint density at radius 2 is 1.72 bits per heavy atom. The van der Waals surface area contributed by atoms with Gasteiger partial charge in [0.25, 0.3) is 0 Å². The predicted octanol–water partition coefficient (Wildman–Crippen LogP) is 2.93. The fourth-order valence-electron chi connectivity index (χ4n) is 1.52. The van der Waals surface area contributed by atoms with E-state index in [0.29, 0.717) is 22.6 Å². The van der Waals surface area contributed by atoms with Crippen LogP contribution in [-0.4, -0.2) is 4.98 Å². The van der Waals surface area contributed by atoms with E-state index in [1.165, 1.54) is 6.07 Å². The minimum Gasteiger partial charge on any atom is -0.399 e. The molecular weight excluding hydrogens is 243 g/mol. The van der Waals surface area contributed by atoms with Crippen LogP contribution in [0.2, 0.25) is 0 Å². The molecule has 4 N–H and O–H groups in total. The maximum atomic E-state index is 12.4. The summed E-state index contributed by atoms with van der Waals surface area (Å²) < 4.78 is 37.1. The number of hydrogen-bond acceptors (Lipinski definition) is 3. The first kappa shape index (κ1) is 12.2. The Kier molecular flexibility index (Phi) is 2.86. The first-order valence-corrected chi connectivity index (χ1v) is 5.06. The summed E-state index contributed by atoms with van der Waals surface area (Å²) in [6.07, 6.45) is -3.62. The van der Waals surface area contributed by atoms with Gasteiger partial charge in [-0.25, -0.2) is 0 Å². The SMILES string of the molecule is Nc1ccc(N)c(-c2ccc(C(F)(F)F)cn2)c1. The summed E-state index contributed by atoms with van der Waals surface area (Å²) in [5.74, 6) is 0. The van der Waals surface area contributed by atoms with Gasteiger partial charge in [0.15, 0.2) is 0 Å². The van der Waals surface area contributed by atoms with Crippen molar-refractivity contribution in [2.24, 2.45) is 0 Å². The van der Waals surface area contributed by atoms with Crippen LogP contribution in [0, 0.1) is 0 Å². The molecule has 0 aliphatic rings. The number of halogens is 3. The molecule has 1 aromatic carbocycles. The first-order valence-electron chi connectivity index (χ1n) is 5.06. The molecule has 0 aliphatic carbocycles.